The van der Waals surface area contributed by atoms with Crippen molar-refractivity contribution in [3.63, 3.8) is 0 Å². The minimum atomic E-state index is -1.60. The van der Waals surface area contributed by atoms with Crippen LogP contribution in [0.25, 0.3) is 0 Å². The highest BCUT2D eigenvalue weighted by Gasteiger charge is 2.60. The molecule has 6 aliphatic rings. The monoisotopic (exact) mass is 790 g/mol. The van der Waals surface area contributed by atoms with E-state index in [-0.39, 0.29) is 47.8 Å². The molecule has 12 atom stereocenters. The highest BCUT2D eigenvalue weighted by Crippen LogP contribution is 2.55. The summed E-state index contributed by atoms with van der Waals surface area (Å²) in [6.07, 6.45) is 10.6. The van der Waals surface area contributed by atoms with Gasteiger partial charge in [-0.2, -0.15) is 0 Å². The molecule has 7 rings (SSSR count). The maximum absolute atomic E-state index is 14.6. The van der Waals surface area contributed by atoms with Crippen molar-refractivity contribution >= 4 is 23.9 Å². The fourth-order valence-electron chi connectivity index (χ4n) is 10.2. The molecule has 0 amide bonds. The zero-order chi connectivity index (χ0) is 40.8. The predicted octanol–water partition coefficient (Wildman–Crippen LogP) is 6.42. The number of carbonyl (C=O) groups excluding carboxylic acids is 3. The van der Waals surface area contributed by atoms with Crippen LogP contribution in [0.5, 0.6) is 5.75 Å². The number of fused-ring (bicyclic) bond motifs is 3. The van der Waals surface area contributed by atoms with E-state index in [2.05, 4.69) is 12.2 Å². The minimum absolute atomic E-state index is 0.00624. The average Bonchev–Trinajstić information content (AvgIpc) is 3.39. The van der Waals surface area contributed by atoms with E-state index in [0.717, 1.165) is 19.3 Å². The fourth-order valence-corrected chi connectivity index (χ4v) is 10.2. The molecule has 13 nitrogen and oxygen atoms in total. The first-order chi connectivity index (χ1) is 27.2. The Balaban J connectivity index is 1.11. The number of esters is 3. The molecule has 2 fully saturated rings. The Hall–Kier alpha value is -4.46. The summed E-state index contributed by atoms with van der Waals surface area (Å²) in [5.74, 6) is -6.05. The number of carboxylic acid groups (broad SMARTS) is 1. The maximum atomic E-state index is 14.6. The van der Waals surface area contributed by atoms with Crippen LogP contribution in [0.15, 0.2) is 65.7 Å². The molecule has 2 bridgehead atoms. The predicted molar refractivity (Wildman–Crippen MR) is 204 cm³/mol. The Morgan fingerprint density at radius 2 is 1.81 bits per heavy atom. The van der Waals surface area contributed by atoms with Gasteiger partial charge in [-0.3, -0.25) is 4.79 Å². The van der Waals surface area contributed by atoms with Crippen molar-refractivity contribution in [2.75, 3.05) is 7.11 Å². The SMILES string of the molecule is COc1cccc(C)c1C(=O)O[C@@H]1[C@H](O)C[C@H](O[C@@H]2CCC[C@@H]3[C@@H]2C=C[C@@H]2CCCC/C=C\[C@@H]4C=C(C(=O)O)[C@H](C)C[C@@]45OC(=O)C(=C5O)OC(=O)[C@]23C)O[C@H]1C. The Kier molecular flexibility index (Phi) is 11.5. The highest BCUT2D eigenvalue weighted by molar-refractivity contribution is 5.95. The zero-order valence-corrected chi connectivity index (χ0v) is 33.2. The second-order valence-electron chi connectivity index (χ2n) is 16.8. The van der Waals surface area contributed by atoms with Gasteiger partial charge in [0.2, 0.25) is 0 Å². The molecule has 1 saturated heterocycles. The van der Waals surface area contributed by atoms with E-state index >= 15 is 0 Å². The Morgan fingerprint density at radius 3 is 2.54 bits per heavy atom. The first kappa shape index (κ1) is 40.7. The number of hydrogen-bond acceptors (Lipinski definition) is 12. The zero-order valence-electron chi connectivity index (χ0n) is 33.2. The second-order valence-corrected chi connectivity index (χ2v) is 16.8. The molecule has 1 aromatic rings. The van der Waals surface area contributed by atoms with E-state index < -0.39 is 82.8 Å². The van der Waals surface area contributed by atoms with Crippen LogP contribution in [0, 0.1) is 41.9 Å². The molecule has 3 aliphatic heterocycles. The van der Waals surface area contributed by atoms with Crippen molar-refractivity contribution in [3.05, 3.63) is 76.8 Å². The molecule has 57 heavy (non-hydrogen) atoms. The third kappa shape index (κ3) is 7.31. The van der Waals surface area contributed by atoms with Gasteiger partial charge < -0.3 is 43.7 Å². The lowest BCUT2D eigenvalue weighted by Crippen LogP contribution is -2.54. The van der Waals surface area contributed by atoms with Crippen LogP contribution in [0.3, 0.4) is 0 Å². The van der Waals surface area contributed by atoms with Crippen molar-refractivity contribution in [1.29, 1.82) is 0 Å². The summed E-state index contributed by atoms with van der Waals surface area (Å²) in [6, 6.07) is 5.24. The van der Waals surface area contributed by atoms with Crippen LogP contribution in [0.2, 0.25) is 0 Å². The lowest BCUT2D eigenvalue weighted by Gasteiger charge is -2.51. The van der Waals surface area contributed by atoms with Gasteiger partial charge in [-0.25, -0.2) is 14.4 Å². The van der Waals surface area contributed by atoms with Crippen LogP contribution < -0.4 is 4.74 Å². The third-order valence-electron chi connectivity index (χ3n) is 13.3. The number of carbonyl (C=O) groups is 4. The standard InChI is InChI=1S/C44H54O13/c1-23-12-10-17-33(52-5)35(23)40(49)55-36-25(3)53-34(21-31(36)45)54-32-16-11-15-30-28(32)19-18-26-13-8-6-7-9-14-27-20-29(39(47)48)24(2)22-44(27)38(46)37(41(50)57-44)56-42(51)43(26,30)4/h9-10,12,14,17-20,24-28,30-32,34,36,45-46H,6-8,11,13,15-16,21-22H2,1-5H3,(H,47,48)/b14-9-/t24-,25+,26+,27-,28+,30-,31-,32-,34+,36+,43-,44-/m1/s1. The largest absolute Gasteiger partial charge is 0.505 e. The van der Waals surface area contributed by atoms with Crippen LogP contribution in [-0.4, -0.2) is 82.6 Å². The Morgan fingerprint density at radius 1 is 1.02 bits per heavy atom. The van der Waals surface area contributed by atoms with Crippen molar-refractivity contribution in [2.24, 2.45) is 35.0 Å². The van der Waals surface area contributed by atoms with Crippen molar-refractivity contribution in [1.82, 2.24) is 0 Å². The molecule has 1 spiro atoms. The number of aryl methyl sites for hydroxylation is 1. The van der Waals surface area contributed by atoms with Crippen LogP contribution in [0.1, 0.15) is 94.5 Å². The molecular weight excluding hydrogens is 736 g/mol. The van der Waals surface area contributed by atoms with Crippen molar-refractivity contribution < 1.29 is 62.9 Å². The van der Waals surface area contributed by atoms with E-state index in [1.54, 1.807) is 45.0 Å². The van der Waals surface area contributed by atoms with Crippen LogP contribution in [-0.2, 0) is 38.1 Å². The number of rotatable bonds is 6. The molecule has 3 heterocycles. The topological polar surface area (TPSA) is 184 Å². The molecule has 13 heteroatoms. The van der Waals surface area contributed by atoms with E-state index in [4.69, 9.17) is 28.4 Å². The average molecular weight is 791 g/mol. The summed E-state index contributed by atoms with van der Waals surface area (Å²) in [6.45, 7) is 7.08. The molecule has 0 radical (unpaired) electrons. The number of methoxy groups -OCH3 is 1. The number of ether oxygens (including phenoxy) is 6. The number of aliphatic hydroxyl groups excluding tert-OH is 2. The van der Waals surface area contributed by atoms with Crippen LogP contribution >= 0.6 is 0 Å². The van der Waals surface area contributed by atoms with Gasteiger partial charge in [0.1, 0.15) is 11.3 Å². The number of carboxylic acids is 1. The highest BCUT2D eigenvalue weighted by atomic mass is 16.7. The second kappa shape index (κ2) is 16.1. The van der Waals surface area contributed by atoms with E-state index in [9.17, 15) is 34.5 Å². The summed E-state index contributed by atoms with van der Waals surface area (Å²) >= 11 is 0. The summed E-state index contributed by atoms with van der Waals surface area (Å²) in [4.78, 5) is 53.5. The van der Waals surface area contributed by atoms with Gasteiger partial charge in [-0.1, -0.05) is 62.3 Å². The molecular formula is C44H54O13. The quantitative estimate of drug-likeness (QED) is 0.163. The number of aliphatic carboxylic acids is 1. The third-order valence-corrected chi connectivity index (χ3v) is 13.3. The van der Waals surface area contributed by atoms with Crippen molar-refractivity contribution in [2.45, 2.75) is 122 Å². The molecule has 1 aromatic carbocycles. The fraction of sp³-hybridized carbons (Fsp3) is 0.591. The summed E-state index contributed by atoms with van der Waals surface area (Å²) in [5, 5.41) is 32.8. The van der Waals surface area contributed by atoms with E-state index in [1.165, 1.54) is 13.2 Å². The van der Waals surface area contributed by atoms with Gasteiger partial charge in [0, 0.05) is 30.3 Å². The Bertz CT molecular complexity index is 1880. The van der Waals surface area contributed by atoms with Gasteiger partial charge in [-0.15, -0.1) is 0 Å². The normalized spacial score (nSPS) is 38.6. The van der Waals surface area contributed by atoms with E-state index in [1.807, 2.05) is 13.0 Å². The van der Waals surface area contributed by atoms with Gasteiger partial charge in [0.25, 0.3) is 5.76 Å². The van der Waals surface area contributed by atoms with Gasteiger partial charge in [-0.05, 0) is 82.3 Å². The van der Waals surface area contributed by atoms with Gasteiger partial charge in [0.05, 0.1) is 30.8 Å². The number of hydrogen-bond donors (Lipinski definition) is 3. The number of allylic oxidation sites excluding steroid dienone is 2. The summed E-state index contributed by atoms with van der Waals surface area (Å²) < 4.78 is 35.9. The van der Waals surface area contributed by atoms with Crippen molar-refractivity contribution in [3.8, 4) is 5.75 Å². The number of aliphatic hydroxyl groups is 2. The first-order valence-corrected chi connectivity index (χ1v) is 20.2. The summed E-state index contributed by atoms with van der Waals surface area (Å²) in [5.41, 5.74) is -1.59. The minimum Gasteiger partial charge on any atom is -0.505 e. The molecule has 0 unspecified atom stereocenters. The molecule has 0 aromatic heterocycles. The van der Waals surface area contributed by atoms with Gasteiger partial charge in [0.15, 0.2) is 23.8 Å². The lowest BCUT2D eigenvalue weighted by molar-refractivity contribution is -0.269. The first-order valence-electron chi connectivity index (χ1n) is 20.2. The maximum Gasteiger partial charge on any atom is 0.379 e. The number of benzene rings is 1. The van der Waals surface area contributed by atoms with Crippen LogP contribution in [0.4, 0.5) is 0 Å². The molecule has 1 saturated carbocycles. The smallest absolute Gasteiger partial charge is 0.379 e. The summed E-state index contributed by atoms with van der Waals surface area (Å²) in [7, 11) is 1.48. The molecule has 3 aliphatic carbocycles. The van der Waals surface area contributed by atoms with Gasteiger partial charge >= 0.3 is 23.9 Å². The lowest BCUT2D eigenvalue weighted by atomic mass is 9.55. The Labute approximate surface area is 332 Å². The molecule has 3 N–H and O–H groups in total. The molecule has 308 valence electrons. The van der Waals surface area contributed by atoms with E-state index in [0.29, 0.717) is 37.0 Å².